The molecule has 0 spiro atoms. The summed E-state index contributed by atoms with van der Waals surface area (Å²) in [6.07, 6.45) is 1.82. The van der Waals surface area contributed by atoms with E-state index in [0.29, 0.717) is 0 Å². The van der Waals surface area contributed by atoms with E-state index in [9.17, 15) is 5.11 Å². The Morgan fingerprint density at radius 1 is 0.957 bits per heavy atom. The van der Waals surface area contributed by atoms with Crippen molar-refractivity contribution in [3.8, 4) is 16.9 Å². The van der Waals surface area contributed by atoms with Crippen LogP contribution >= 0.6 is 0 Å². The van der Waals surface area contributed by atoms with Gasteiger partial charge in [0.05, 0.1) is 30.4 Å². The molecule has 1 aliphatic rings. The van der Waals surface area contributed by atoms with Crippen LogP contribution in [0.25, 0.3) is 22.2 Å². The summed E-state index contributed by atoms with van der Waals surface area (Å²) in [5, 5.41) is 9.66. The van der Waals surface area contributed by atoms with Crippen LogP contribution in [0.15, 0.2) is 48.7 Å². The highest BCUT2D eigenvalue weighted by Crippen LogP contribution is 2.26. The number of ether oxygens (including phenoxy) is 1. The third kappa shape index (κ3) is 2.83. The lowest BCUT2D eigenvalue weighted by atomic mass is 10.0. The zero-order chi connectivity index (χ0) is 15.6. The zero-order valence-electron chi connectivity index (χ0n) is 12.6. The first-order valence-corrected chi connectivity index (χ1v) is 7.68. The van der Waals surface area contributed by atoms with Crippen molar-refractivity contribution in [3.05, 3.63) is 48.7 Å². The van der Waals surface area contributed by atoms with Crippen molar-refractivity contribution >= 4 is 16.9 Å². The number of nitrogens with zero attached hydrogens (tertiary/aromatic N) is 3. The van der Waals surface area contributed by atoms with Gasteiger partial charge in [-0.2, -0.15) is 0 Å². The van der Waals surface area contributed by atoms with Gasteiger partial charge < -0.3 is 14.7 Å². The van der Waals surface area contributed by atoms with Gasteiger partial charge in [-0.25, -0.2) is 4.98 Å². The Morgan fingerprint density at radius 2 is 1.78 bits per heavy atom. The highest BCUT2D eigenvalue weighted by molar-refractivity contribution is 5.82. The predicted octanol–water partition coefficient (Wildman–Crippen LogP) is 2.84. The summed E-state index contributed by atoms with van der Waals surface area (Å²) < 4.78 is 5.38. The van der Waals surface area contributed by atoms with Gasteiger partial charge in [0.25, 0.3) is 0 Å². The standard InChI is InChI=1S/C18H17N3O2/c22-15-3-1-2-13(10-15)14-4-5-16-17(11-14)20-18(12-19-16)21-6-8-23-9-7-21/h1-5,10-12,22H,6-9H2. The maximum atomic E-state index is 9.66. The molecule has 0 radical (unpaired) electrons. The van der Waals surface area contributed by atoms with Crippen molar-refractivity contribution in [2.45, 2.75) is 0 Å². The normalized spacial score (nSPS) is 15.0. The number of phenolic OH excluding ortho intramolecular Hbond substituents is 1. The van der Waals surface area contributed by atoms with E-state index in [1.807, 2.05) is 36.5 Å². The van der Waals surface area contributed by atoms with E-state index < -0.39 is 0 Å². The van der Waals surface area contributed by atoms with Crippen LogP contribution < -0.4 is 4.90 Å². The summed E-state index contributed by atoms with van der Waals surface area (Å²) in [6, 6.07) is 13.2. The molecule has 1 fully saturated rings. The molecule has 0 atom stereocenters. The second-order valence-electron chi connectivity index (χ2n) is 5.58. The van der Waals surface area contributed by atoms with E-state index in [0.717, 1.165) is 54.3 Å². The Bertz CT molecular complexity index is 845. The van der Waals surface area contributed by atoms with Crippen LogP contribution in [-0.2, 0) is 4.74 Å². The SMILES string of the molecule is Oc1cccc(-c2ccc3ncc(N4CCOCC4)nc3c2)c1. The summed E-state index contributed by atoms with van der Waals surface area (Å²) in [5.41, 5.74) is 3.70. The first-order chi connectivity index (χ1) is 11.3. The number of anilines is 1. The summed E-state index contributed by atoms with van der Waals surface area (Å²) in [6.45, 7) is 3.13. The number of benzene rings is 2. The molecule has 5 heteroatoms. The van der Waals surface area contributed by atoms with Crippen LogP contribution in [0.5, 0.6) is 5.75 Å². The molecule has 23 heavy (non-hydrogen) atoms. The molecule has 2 heterocycles. The molecular weight excluding hydrogens is 290 g/mol. The van der Waals surface area contributed by atoms with E-state index >= 15 is 0 Å². The van der Waals surface area contributed by atoms with Gasteiger partial charge in [0, 0.05) is 13.1 Å². The Balaban J connectivity index is 1.74. The number of morpholine rings is 1. The minimum Gasteiger partial charge on any atom is -0.508 e. The van der Waals surface area contributed by atoms with Gasteiger partial charge in [-0.05, 0) is 35.4 Å². The Hall–Kier alpha value is -2.66. The van der Waals surface area contributed by atoms with Crippen LogP contribution in [0, 0.1) is 0 Å². The number of rotatable bonds is 2. The number of hydrogen-bond donors (Lipinski definition) is 1. The molecule has 4 rings (SSSR count). The second kappa shape index (κ2) is 5.85. The van der Waals surface area contributed by atoms with Crippen molar-refractivity contribution in [3.63, 3.8) is 0 Å². The minimum atomic E-state index is 0.260. The molecule has 2 aromatic carbocycles. The average molecular weight is 307 g/mol. The summed E-state index contributed by atoms with van der Waals surface area (Å²) in [4.78, 5) is 11.5. The molecular formula is C18H17N3O2. The Labute approximate surface area is 134 Å². The molecule has 3 aromatic rings. The summed E-state index contributed by atoms with van der Waals surface area (Å²) in [5.74, 6) is 1.14. The molecule has 116 valence electrons. The maximum absolute atomic E-state index is 9.66. The van der Waals surface area contributed by atoms with Crippen LogP contribution in [0.2, 0.25) is 0 Å². The monoisotopic (exact) mass is 307 g/mol. The van der Waals surface area contributed by atoms with Gasteiger partial charge >= 0.3 is 0 Å². The lowest BCUT2D eigenvalue weighted by Crippen LogP contribution is -2.36. The van der Waals surface area contributed by atoms with E-state index in [4.69, 9.17) is 9.72 Å². The van der Waals surface area contributed by atoms with Gasteiger partial charge in [-0.15, -0.1) is 0 Å². The van der Waals surface area contributed by atoms with Gasteiger partial charge in [-0.1, -0.05) is 18.2 Å². The number of fused-ring (bicyclic) bond motifs is 1. The number of aromatic nitrogens is 2. The smallest absolute Gasteiger partial charge is 0.148 e. The summed E-state index contributed by atoms with van der Waals surface area (Å²) >= 11 is 0. The van der Waals surface area contributed by atoms with Gasteiger partial charge in [0.15, 0.2) is 0 Å². The molecule has 1 aromatic heterocycles. The number of aromatic hydroxyl groups is 1. The fourth-order valence-corrected chi connectivity index (χ4v) is 2.81. The van der Waals surface area contributed by atoms with Crippen LogP contribution in [0.4, 0.5) is 5.82 Å². The van der Waals surface area contributed by atoms with Gasteiger partial charge in [0.1, 0.15) is 11.6 Å². The highest BCUT2D eigenvalue weighted by atomic mass is 16.5. The van der Waals surface area contributed by atoms with Gasteiger partial charge in [-0.3, -0.25) is 4.98 Å². The van der Waals surface area contributed by atoms with Gasteiger partial charge in [0.2, 0.25) is 0 Å². The number of hydrogen-bond acceptors (Lipinski definition) is 5. The molecule has 1 saturated heterocycles. The Morgan fingerprint density at radius 3 is 2.61 bits per heavy atom. The van der Waals surface area contributed by atoms with Crippen molar-refractivity contribution in [1.29, 1.82) is 0 Å². The maximum Gasteiger partial charge on any atom is 0.148 e. The lowest BCUT2D eigenvalue weighted by molar-refractivity contribution is 0.122. The average Bonchev–Trinajstić information content (AvgIpc) is 2.61. The van der Waals surface area contributed by atoms with Crippen molar-refractivity contribution in [2.24, 2.45) is 0 Å². The molecule has 0 bridgehead atoms. The third-order valence-corrected chi connectivity index (χ3v) is 4.04. The van der Waals surface area contributed by atoms with E-state index in [2.05, 4.69) is 9.88 Å². The first-order valence-electron chi connectivity index (χ1n) is 7.68. The van der Waals surface area contributed by atoms with E-state index in [-0.39, 0.29) is 5.75 Å². The first kappa shape index (κ1) is 14.0. The van der Waals surface area contributed by atoms with Crippen molar-refractivity contribution in [1.82, 2.24) is 9.97 Å². The fourth-order valence-electron chi connectivity index (χ4n) is 2.81. The van der Waals surface area contributed by atoms with E-state index in [1.165, 1.54) is 0 Å². The molecule has 5 nitrogen and oxygen atoms in total. The van der Waals surface area contributed by atoms with E-state index in [1.54, 1.807) is 12.1 Å². The number of phenols is 1. The van der Waals surface area contributed by atoms with Crippen LogP contribution in [-0.4, -0.2) is 41.4 Å². The second-order valence-corrected chi connectivity index (χ2v) is 5.58. The molecule has 0 aliphatic carbocycles. The predicted molar refractivity (Wildman–Crippen MR) is 89.7 cm³/mol. The minimum absolute atomic E-state index is 0.260. The summed E-state index contributed by atoms with van der Waals surface area (Å²) in [7, 11) is 0. The molecule has 0 saturated carbocycles. The molecule has 1 N–H and O–H groups in total. The zero-order valence-corrected chi connectivity index (χ0v) is 12.6. The third-order valence-electron chi connectivity index (χ3n) is 4.04. The molecule has 0 unspecified atom stereocenters. The highest BCUT2D eigenvalue weighted by Gasteiger charge is 2.13. The van der Waals surface area contributed by atoms with Crippen molar-refractivity contribution < 1.29 is 9.84 Å². The van der Waals surface area contributed by atoms with Crippen LogP contribution in [0.1, 0.15) is 0 Å². The quantitative estimate of drug-likeness (QED) is 0.789. The van der Waals surface area contributed by atoms with Crippen LogP contribution in [0.3, 0.4) is 0 Å². The lowest BCUT2D eigenvalue weighted by Gasteiger charge is -2.27. The van der Waals surface area contributed by atoms with Crippen molar-refractivity contribution in [2.75, 3.05) is 31.2 Å². The molecule has 1 aliphatic heterocycles. The fraction of sp³-hybridized carbons (Fsp3) is 0.222. The Kier molecular flexibility index (Phi) is 3.55. The topological polar surface area (TPSA) is 58.5 Å². The largest absolute Gasteiger partial charge is 0.508 e. The molecule has 0 amide bonds.